The maximum absolute atomic E-state index is 11.9. The number of hydrogen-bond donors (Lipinski definition) is 2. The summed E-state index contributed by atoms with van der Waals surface area (Å²) in [5.74, 6) is 0.913. The molecular formula is C12H15N3OS. The highest BCUT2D eigenvalue weighted by atomic mass is 32.1. The second-order valence-electron chi connectivity index (χ2n) is 3.67. The van der Waals surface area contributed by atoms with E-state index in [1.165, 1.54) is 11.3 Å². The van der Waals surface area contributed by atoms with E-state index in [9.17, 15) is 4.79 Å². The molecular weight excluding hydrogens is 234 g/mol. The number of nitrogens with one attached hydrogen (secondary N) is 2. The van der Waals surface area contributed by atoms with Crippen molar-refractivity contribution >= 4 is 17.2 Å². The molecule has 0 saturated carbocycles. The van der Waals surface area contributed by atoms with Crippen LogP contribution in [-0.4, -0.2) is 22.4 Å². The van der Waals surface area contributed by atoms with E-state index in [4.69, 9.17) is 0 Å². The van der Waals surface area contributed by atoms with Crippen LogP contribution in [0.5, 0.6) is 0 Å². The fourth-order valence-corrected chi connectivity index (χ4v) is 2.53. The average molecular weight is 249 g/mol. The van der Waals surface area contributed by atoms with Gasteiger partial charge in [0.2, 0.25) is 0 Å². The molecule has 2 rings (SSSR count). The zero-order valence-corrected chi connectivity index (χ0v) is 10.5. The van der Waals surface area contributed by atoms with E-state index < -0.39 is 0 Å². The largest absolute Gasteiger partial charge is 0.351 e. The molecule has 2 aromatic heterocycles. The molecule has 0 aliphatic heterocycles. The van der Waals surface area contributed by atoms with Gasteiger partial charge >= 0.3 is 0 Å². The van der Waals surface area contributed by atoms with Gasteiger partial charge in [0, 0.05) is 25.4 Å². The zero-order valence-electron chi connectivity index (χ0n) is 9.69. The van der Waals surface area contributed by atoms with Crippen LogP contribution >= 0.6 is 11.3 Å². The molecule has 0 spiro atoms. The Bertz CT molecular complexity index is 476. The van der Waals surface area contributed by atoms with Gasteiger partial charge in [-0.1, -0.05) is 6.92 Å². The van der Waals surface area contributed by atoms with Crippen LogP contribution in [0.1, 0.15) is 28.0 Å². The third-order valence-electron chi connectivity index (χ3n) is 2.54. The summed E-state index contributed by atoms with van der Waals surface area (Å²) in [4.78, 5) is 19.8. The van der Waals surface area contributed by atoms with Gasteiger partial charge in [0.25, 0.3) is 5.91 Å². The van der Waals surface area contributed by atoms with Gasteiger partial charge in [0.15, 0.2) is 0 Å². The highest BCUT2D eigenvalue weighted by Gasteiger charge is 2.11. The average Bonchev–Trinajstić information content (AvgIpc) is 2.99. The van der Waals surface area contributed by atoms with Crippen molar-refractivity contribution in [2.24, 2.45) is 0 Å². The minimum absolute atomic E-state index is 0.0170. The molecule has 0 unspecified atom stereocenters. The first kappa shape index (κ1) is 11.9. The summed E-state index contributed by atoms with van der Waals surface area (Å²) >= 11 is 1.49. The number of H-pyrrole nitrogens is 1. The predicted molar refractivity (Wildman–Crippen MR) is 68.3 cm³/mol. The van der Waals surface area contributed by atoms with Gasteiger partial charge in [0.05, 0.1) is 4.88 Å². The number of imidazole rings is 1. The fraction of sp³-hybridized carbons (Fsp3) is 0.333. The first-order valence-corrected chi connectivity index (χ1v) is 6.52. The molecule has 90 valence electrons. The number of hydrogen-bond acceptors (Lipinski definition) is 3. The van der Waals surface area contributed by atoms with Gasteiger partial charge in [-0.15, -0.1) is 11.3 Å². The Morgan fingerprint density at radius 1 is 1.59 bits per heavy atom. The maximum atomic E-state index is 11.9. The number of aromatic nitrogens is 2. The molecule has 0 aliphatic carbocycles. The lowest BCUT2D eigenvalue weighted by Crippen LogP contribution is -2.25. The van der Waals surface area contributed by atoms with Crippen molar-refractivity contribution in [3.63, 3.8) is 0 Å². The molecule has 0 aromatic carbocycles. The van der Waals surface area contributed by atoms with E-state index in [0.29, 0.717) is 6.54 Å². The number of amides is 1. The van der Waals surface area contributed by atoms with Crippen LogP contribution in [0.25, 0.3) is 0 Å². The molecule has 0 atom stereocenters. The van der Waals surface area contributed by atoms with E-state index in [2.05, 4.69) is 22.2 Å². The van der Waals surface area contributed by atoms with E-state index in [0.717, 1.165) is 29.1 Å². The van der Waals surface area contributed by atoms with Gasteiger partial charge < -0.3 is 10.3 Å². The SMILES string of the molecule is CCc1ccsc1C(=O)NCCc1ncc[nH]1. The predicted octanol–water partition coefficient (Wildman–Crippen LogP) is 2.01. The number of carbonyl (C=O) groups excluding carboxylic acids is 1. The third-order valence-corrected chi connectivity index (χ3v) is 3.49. The summed E-state index contributed by atoms with van der Waals surface area (Å²) in [6.07, 6.45) is 5.12. The van der Waals surface area contributed by atoms with E-state index in [1.54, 1.807) is 12.4 Å². The van der Waals surface area contributed by atoms with Gasteiger partial charge in [0.1, 0.15) is 5.82 Å². The highest BCUT2D eigenvalue weighted by Crippen LogP contribution is 2.16. The van der Waals surface area contributed by atoms with Gasteiger partial charge in [-0.25, -0.2) is 4.98 Å². The lowest BCUT2D eigenvalue weighted by molar-refractivity contribution is 0.0957. The Labute approximate surface area is 104 Å². The van der Waals surface area contributed by atoms with Crippen LogP contribution in [0.15, 0.2) is 23.8 Å². The lowest BCUT2D eigenvalue weighted by Gasteiger charge is -2.03. The normalized spacial score (nSPS) is 10.4. The van der Waals surface area contributed by atoms with Crippen molar-refractivity contribution in [1.29, 1.82) is 0 Å². The summed E-state index contributed by atoms with van der Waals surface area (Å²) in [6, 6.07) is 2.01. The summed E-state index contributed by atoms with van der Waals surface area (Å²) in [7, 11) is 0. The zero-order chi connectivity index (χ0) is 12.1. The van der Waals surface area contributed by atoms with Crippen molar-refractivity contribution < 1.29 is 4.79 Å². The Hall–Kier alpha value is -1.62. The van der Waals surface area contributed by atoms with Crippen molar-refractivity contribution in [3.05, 3.63) is 40.1 Å². The molecule has 2 N–H and O–H groups in total. The molecule has 4 nitrogen and oxygen atoms in total. The molecule has 17 heavy (non-hydrogen) atoms. The lowest BCUT2D eigenvalue weighted by atomic mass is 10.2. The molecule has 2 aromatic rings. The molecule has 0 radical (unpaired) electrons. The number of aromatic amines is 1. The van der Waals surface area contributed by atoms with Crippen LogP contribution in [0.4, 0.5) is 0 Å². The van der Waals surface area contributed by atoms with Crippen LogP contribution in [0.2, 0.25) is 0 Å². The fourth-order valence-electron chi connectivity index (χ4n) is 1.62. The smallest absolute Gasteiger partial charge is 0.261 e. The molecule has 0 saturated heterocycles. The number of thiophene rings is 1. The standard InChI is InChI=1S/C12H15N3OS/c1-2-9-4-8-17-11(9)12(16)15-5-3-10-13-6-7-14-10/h4,6-8H,2-3,5H2,1H3,(H,13,14)(H,15,16). The van der Waals surface area contributed by atoms with E-state index in [-0.39, 0.29) is 5.91 Å². The van der Waals surface area contributed by atoms with E-state index >= 15 is 0 Å². The minimum Gasteiger partial charge on any atom is -0.351 e. The van der Waals surface area contributed by atoms with Crippen molar-refractivity contribution in [3.8, 4) is 0 Å². The first-order chi connectivity index (χ1) is 8.31. The topological polar surface area (TPSA) is 57.8 Å². The molecule has 5 heteroatoms. The molecule has 0 bridgehead atoms. The van der Waals surface area contributed by atoms with Gasteiger partial charge in [-0.3, -0.25) is 4.79 Å². The summed E-state index contributed by atoms with van der Waals surface area (Å²) in [6.45, 7) is 2.66. The Morgan fingerprint density at radius 3 is 3.18 bits per heavy atom. The summed E-state index contributed by atoms with van der Waals surface area (Å²) < 4.78 is 0. The molecule has 0 fully saturated rings. The monoisotopic (exact) mass is 249 g/mol. The highest BCUT2D eigenvalue weighted by molar-refractivity contribution is 7.12. The Morgan fingerprint density at radius 2 is 2.47 bits per heavy atom. The second kappa shape index (κ2) is 5.63. The quantitative estimate of drug-likeness (QED) is 0.851. The van der Waals surface area contributed by atoms with Crippen molar-refractivity contribution in [2.45, 2.75) is 19.8 Å². The van der Waals surface area contributed by atoms with Crippen LogP contribution < -0.4 is 5.32 Å². The Balaban J connectivity index is 1.85. The van der Waals surface area contributed by atoms with Gasteiger partial charge in [-0.2, -0.15) is 0 Å². The van der Waals surface area contributed by atoms with Gasteiger partial charge in [-0.05, 0) is 23.4 Å². The van der Waals surface area contributed by atoms with E-state index in [1.807, 2.05) is 11.4 Å². The van der Waals surface area contributed by atoms with Crippen LogP contribution in [0, 0.1) is 0 Å². The molecule has 0 aliphatic rings. The number of rotatable bonds is 5. The summed E-state index contributed by atoms with van der Waals surface area (Å²) in [5.41, 5.74) is 1.12. The maximum Gasteiger partial charge on any atom is 0.261 e. The third kappa shape index (κ3) is 2.94. The van der Waals surface area contributed by atoms with Crippen LogP contribution in [0.3, 0.4) is 0 Å². The van der Waals surface area contributed by atoms with Crippen molar-refractivity contribution in [1.82, 2.24) is 15.3 Å². The first-order valence-electron chi connectivity index (χ1n) is 5.64. The number of carbonyl (C=O) groups is 1. The molecule has 2 heterocycles. The number of nitrogens with zero attached hydrogens (tertiary/aromatic N) is 1. The van der Waals surface area contributed by atoms with Crippen LogP contribution in [-0.2, 0) is 12.8 Å². The number of aryl methyl sites for hydroxylation is 1. The molecule has 1 amide bonds. The Kier molecular flexibility index (Phi) is 3.93. The van der Waals surface area contributed by atoms with Crippen molar-refractivity contribution in [2.75, 3.05) is 6.54 Å². The second-order valence-corrected chi connectivity index (χ2v) is 4.59. The summed E-state index contributed by atoms with van der Waals surface area (Å²) in [5, 5.41) is 4.87. The minimum atomic E-state index is 0.0170.